The molecule has 2 aliphatic rings. The van der Waals surface area contributed by atoms with Crippen molar-refractivity contribution in [2.24, 2.45) is 11.3 Å². The number of hydrogen-bond acceptors (Lipinski definition) is 6. The molecule has 0 aromatic heterocycles. The number of non-ortho nitro benzene ring substituents is 1. The number of carbonyl (C=O) groups excluding carboxylic acids is 1. The SMILES string of the molecule is CC(C)(CNC(=O)c1ccc(OC(F)(F)F)cc1)[C@H]1Nc2ccc([N+](=O)[O-])cc2[C@H]2OCC[C@H]21. The molecule has 0 unspecified atom stereocenters. The number of carbonyl (C=O) groups is 1. The second-order valence-electron chi connectivity index (χ2n) is 9.14. The van der Waals surface area contributed by atoms with Gasteiger partial charge in [0.25, 0.3) is 11.6 Å². The van der Waals surface area contributed by atoms with Gasteiger partial charge in [-0.25, -0.2) is 0 Å². The highest BCUT2D eigenvalue weighted by molar-refractivity contribution is 5.94. The summed E-state index contributed by atoms with van der Waals surface area (Å²) in [5.74, 6) is -0.764. The van der Waals surface area contributed by atoms with E-state index in [0.29, 0.717) is 6.61 Å². The van der Waals surface area contributed by atoms with Crippen molar-refractivity contribution in [1.82, 2.24) is 5.32 Å². The van der Waals surface area contributed by atoms with Gasteiger partial charge in [0.15, 0.2) is 0 Å². The number of nitrogens with one attached hydrogen (secondary N) is 2. The summed E-state index contributed by atoms with van der Waals surface area (Å²) in [5, 5.41) is 17.5. The van der Waals surface area contributed by atoms with E-state index < -0.39 is 28.4 Å². The van der Waals surface area contributed by atoms with Crippen LogP contribution in [0.25, 0.3) is 0 Å². The standard InChI is InChI=1S/C23H24F3N3O5/c1-22(2,12-27-21(30)13-3-6-15(7-4-13)34-23(24,25)26)20-16-9-10-33-19(16)17-11-14(29(31)32)5-8-18(17)28-20/h3-8,11,16,19-20,28H,9-10,12H2,1-2H3,(H,27,30)/t16-,19+,20+/m1/s1. The molecule has 34 heavy (non-hydrogen) atoms. The molecule has 0 bridgehead atoms. The fourth-order valence-corrected chi connectivity index (χ4v) is 4.68. The molecule has 2 N–H and O–H groups in total. The highest BCUT2D eigenvalue weighted by Gasteiger charge is 2.47. The summed E-state index contributed by atoms with van der Waals surface area (Å²) >= 11 is 0. The van der Waals surface area contributed by atoms with E-state index in [1.807, 2.05) is 13.8 Å². The van der Waals surface area contributed by atoms with Crippen LogP contribution in [-0.2, 0) is 4.74 Å². The summed E-state index contributed by atoms with van der Waals surface area (Å²) < 4.78 is 46.7. The number of nitro benzene ring substituents is 1. The van der Waals surface area contributed by atoms with Crippen molar-refractivity contribution in [2.75, 3.05) is 18.5 Å². The number of nitro groups is 1. The van der Waals surface area contributed by atoms with Crippen molar-refractivity contribution >= 4 is 17.3 Å². The second kappa shape index (κ2) is 8.79. The molecule has 11 heteroatoms. The van der Waals surface area contributed by atoms with Crippen LogP contribution in [0.1, 0.15) is 42.3 Å². The third-order valence-electron chi connectivity index (χ3n) is 6.33. The summed E-state index contributed by atoms with van der Waals surface area (Å²) in [6, 6.07) is 9.30. The number of anilines is 1. The Morgan fingerprint density at radius 1 is 1.24 bits per heavy atom. The summed E-state index contributed by atoms with van der Waals surface area (Å²) in [6.45, 7) is 4.81. The Balaban J connectivity index is 1.46. The van der Waals surface area contributed by atoms with E-state index in [1.54, 1.807) is 12.1 Å². The maximum atomic E-state index is 12.6. The maximum absolute atomic E-state index is 12.6. The van der Waals surface area contributed by atoms with Gasteiger partial charge in [-0.2, -0.15) is 0 Å². The van der Waals surface area contributed by atoms with Gasteiger partial charge in [0, 0.05) is 59.5 Å². The number of halogens is 3. The predicted molar refractivity (Wildman–Crippen MR) is 117 cm³/mol. The van der Waals surface area contributed by atoms with Gasteiger partial charge in [-0.3, -0.25) is 14.9 Å². The van der Waals surface area contributed by atoms with Gasteiger partial charge < -0.3 is 20.1 Å². The molecule has 1 amide bonds. The van der Waals surface area contributed by atoms with E-state index in [4.69, 9.17) is 4.74 Å². The van der Waals surface area contributed by atoms with Gasteiger partial charge in [-0.15, -0.1) is 13.2 Å². The van der Waals surface area contributed by atoms with Crippen molar-refractivity contribution in [3.8, 4) is 5.75 Å². The highest BCUT2D eigenvalue weighted by atomic mass is 19.4. The minimum absolute atomic E-state index is 0.00595. The predicted octanol–water partition coefficient (Wildman–Crippen LogP) is 4.82. The molecule has 1 fully saturated rings. The van der Waals surface area contributed by atoms with Crippen LogP contribution in [0.15, 0.2) is 42.5 Å². The lowest BCUT2D eigenvalue weighted by Gasteiger charge is -2.44. The third-order valence-corrected chi connectivity index (χ3v) is 6.33. The minimum atomic E-state index is -4.80. The maximum Gasteiger partial charge on any atom is 0.573 e. The first-order valence-electron chi connectivity index (χ1n) is 10.7. The third kappa shape index (κ3) is 4.93. The number of nitrogens with zero attached hydrogens (tertiary/aromatic N) is 1. The minimum Gasteiger partial charge on any atom is -0.406 e. The largest absolute Gasteiger partial charge is 0.573 e. The normalized spacial score (nSPS) is 21.7. The molecule has 0 aliphatic carbocycles. The molecule has 8 nitrogen and oxygen atoms in total. The molecule has 0 radical (unpaired) electrons. The van der Waals surface area contributed by atoms with Crippen LogP contribution < -0.4 is 15.4 Å². The highest BCUT2D eigenvalue weighted by Crippen LogP contribution is 2.49. The van der Waals surface area contributed by atoms with E-state index in [1.165, 1.54) is 18.2 Å². The number of fused-ring (bicyclic) bond motifs is 3. The Bertz CT molecular complexity index is 1090. The lowest BCUT2D eigenvalue weighted by atomic mass is 9.71. The monoisotopic (exact) mass is 479 g/mol. The Kier molecular flexibility index (Phi) is 6.15. The fourth-order valence-electron chi connectivity index (χ4n) is 4.68. The molecule has 0 spiro atoms. The van der Waals surface area contributed by atoms with E-state index in [9.17, 15) is 28.1 Å². The smallest absolute Gasteiger partial charge is 0.406 e. The Morgan fingerprint density at radius 3 is 2.59 bits per heavy atom. The molecule has 182 valence electrons. The topological polar surface area (TPSA) is 103 Å². The fraction of sp³-hybridized carbons (Fsp3) is 0.435. The first-order chi connectivity index (χ1) is 15.9. The molecule has 0 saturated carbocycles. The second-order valence-corrected chi connectivity index (χ2v) is 9.14. The van der Waals surface area contributed by atoms with Gasteiger partial charge in [-0.05, 0) is 36.8 Å². The average Bonchev–Trinajstić information content (AvgIpc) is 3.26. The molecule has 1 saturated heterocycles. The zero-order chi connectivity index (χ0) is 24.7. The van der Waals surface area contributed by atoms with Crippen LogP contribution in [0.4, 0.5) is 24.5 Å². The number of alkyl halides is 3. The molecular weight excluding hydrogens is 455 g/mol. The molecule has 3 atom stereocenters. The van der Waals surface area contributed by atoms with Gasteiger partial charge in [0.1, 0.15) is 5.75 Å². The van der Waals surface area contributed by atoms with Crippen LogP contribution in [0, 0.1) is 21.4 Å². The number of hydrogen-bond donors (Lipinski definition) is 2. The molecule has 2 heterocycles. The number of benzene rings is 2. The van der Waals surface area contributed by atoms with E-state index in [-0.39, 0.29) is 35.9 Å². The van der Waals surface area contributed by atoms with Crippen LogP contribution in [0.3, 0.4) is 0 Å². The van der Waals surface area contributed by atoms with Crippen molar-refractivity contribution in [2.45, 2.75) is 38.8 Å². The Hall–Kier alpha value is -3.34. The number of amides is 1. The van der Waals surface area contributed by atoms with Crippen LogP contribution in [0.5, 0.6) is 5.75 Å². The zero-order valence-electron chi connectivity index (χ0n) is 18.5. The van der Waals surface area contributed by atoms with Crippen LogP contribution >= 0.6 is 0 Å². The van der Waals surface area contributed by atoms with Crippen molar-refractivity contribution < 1.29 is 32.4 Å². The van der Waals surface area contributed by atoms with Crippen LogP contribution in [0.2, 0.25) is 0 Å². The molecule has 4 rings (SSSR count). The van der Waals surface area contributed by atoms with Crippen molar-refractivity contribution in [1.29, 1.82) is 0 Å². The summed E-state index contributed by atoms with van der Waals surface area (Å²) in [7, 11) is 0. The zero-order valence-corrected chi connectivity index (χ0v) is 18.5. The summed E-state index contributed by atoms with van der Waals surface area (Å²) in [4.78, 5) is 23.4. The first-order valence-corrected chi connectivity index (χ1v) is 10.7. The Labute approximate surface area is 193 Å². The molecular formula is C23H24F3N3O5. The quantitative estimate of drug-likeness (QED) is 0.455. The summed E-state index contributed by atoms with van der Waals surface area (Å²) in [6.07, 6.45) is -4.31. The average molecular weight is 479 g/mol. The molecule has 2 aromatic carbocycles. The van der Waals surface area contributed by atoms with E-state index in [0.717, 1.165) is 29.8 Å². The van der Waals surface area contributed by atoms with Crippen molar-refractivity contribution in [3.05, 3.63) is 63.7 Å². The number of ether oxygens (including phenoxy) is 2. The van der Waals surface area contributed by atoms with Gasteiger partial charge in [0.2, 0.25) is 0 Å². The summed E-state index contributed by atoms with van der Waals surface area (Å²) in [5.41, 5.74) is 1.30. The molecule has 2 aliphatic heterocycles. The number of rotatable bonds is 6. The van der Waals surface area contributed by atoms with Gasteiger partial charge in [-0.1, -0.05) is 13.8 Å². The van der Waals surface area contributed by atoms with E-state index >= 15 is 0 Å². The van der Waals surface area contributed by atoms with Crippen molar-refractivity contribution in [3.63, 3.8) is 0 Å². The molecule has 2 aromatic rings. The van der Waals surface area contributed by atoms with E-state index in [2.05, 4.69) is 15.4 Å². The lowest BCUT2D eigenvalue weighted by molar-refractivity contribution is -0.385. The Morgan fingerprint density at radius 2 is 1.94 bits per heavy atom. The van der Waals surface area contributed by atoms with Crippen LogP contribution in [-0.4, -0.2) is 36.4 Å². The van der Waals surface area contributed by atoms with Gasteiger partial charge in [0.05, 0.1) is 11.0 Å². The lowest BCUT2D eigenvalue weighted by Crippen LogP contribution is -2.51. The first kappa shape index (κ1) is 23.8. The van der Waals surface area contributed by atoms with Gasteiger partial charge >= 0.3 is 6.36 Å².